The molecule has 0 amide bonds. The van der Waals surface area contributed by atoms with Crippen molar-refractivity contribution in [1.82, 2.24) is 15.3 Å². The third-order valence-corrected chi connectivity index (χ3v) is 4.17. The Bertz CT molecular complexity index is 848. The summed E-state index contributed by atoms with van der Waals surface area (Å²) in [7, 11) is 0. The molecular weight excluding hydrogens is 282 g/mol. The second kappa shape index (κ2) is 4.43. The van der Waals surface area contributed by atoms with Crippen molar-refractivity contribution in [3.63, 3.8) is 0 Å². The van der Waals surface area contributed by atoms with E-state index in [0.717, 1.165) is 48.4 Å². The summed E-state index contributed by atoms with van der Waals surface area (Å²) in [5.41, 5.74) is 3.86. The molecule has 22 heavy (non-hydrogen) atoms. The third-order valence-electron chi connectivity index (χ3n) is 4.17. The van der Waals surface area contributed by atoms with E-state index < -0.39 is 0 Å². The fourth-order valence-corrected chi connectivity index (χ4v) is 2.83. The minimum absolute atomic E-state index is 0.467. The first-order valence-electron chi connectivity index (χ1n) is 7.43. The molecule has 0 bridgehead atoms. The lowest BCUT2D eigenvalue weighted by Gasteiger charge is -1.99. The highest BCUT2D eigenvalue weighted by Gasteiger charge is 2.31. The van der Waals surface area contributed by atoms with E-state index in [-0.39, 0.29) is 0 Å². The number of benzene rings is 1. The lowest BCUT2D eigenvalue weighted by Crippen LogP contribution is -1.86. The van der Waals surface area contributed by atoms with Crippen LogP contribution in [0, 0.1) is 0 Å². The minimum atomic E-state index is 0.467. The number of nitrogens with zero attached hydrogens (tertiary/aromatic N) is 3. The topological polar surface area (TPSA) is 74.2 Å². The molecule has 1 aromatic carbocycles. The molecule has 3 heterocycles. The summed E-state index contributed by atoms with van der Waals surface area (Å²) in [6.45, 7) is 0.738. The molecule has 2 aromatic heterocycles. The molecule has 0 atom stereocenters. The Morgan fingerprint density at radius 3 is 3.00 bits per heavy atom. The lowest BCUT2D eigenvalue weighted by molar-refractivity contribution is 0.357. The van der Waals surface area contributed by atoms with Crippen molar-refractivity contribution in [3.8, 4) is 28.6 Å². The van der Waals surface area contributed by atoms with Crippen LogP contribution in [0.5, 0.6) is 5.75 Å². The zero-order chi connectivity index (χ0) is 14.5. The maximum atomic E-state index is 5.52. The Morgan fingerprint density at radius 2 is 2.09 bits per heavy atom. The summed E-state index contributed by atoms with van der Waals surface area (Å²) in [6.07, 6.45) is 4.80. The van der Waals surface area contributed by atoms with Crippen molar-refractivity contribution in [1.29, 1.82) is 0 Å². The molecule has 110 valence electrons. The van der Waals surface area contributed by atoms with E-state index in [1.54, 1.807) is 6.26 Å². The largest absolute Gasteiger partial charge is 0.493 e. The van der Waals surface area contributed by atoms with Gasteiger partial charge in [0.25, 0.3) is 5.89 Å². The highest BCUT2D eigenvalue weighted by Crippen LogP contribution is 2.43. The monoisotopic (exact) mass is 295 g/mol. The number of aromatic nitrogens is 3. The Morgan fingerprint density at radius 1 is 1.14 bits per heavy atom. The van der Waals surface area contributed by atoms with Crippen LogP contribution < -0.4 is 4.74 Å². The molecule has 1 saturated carbocycles. The highest BCUT2D eigenvalue weighted by atomic mass is 16.5. The number of rotatable bonds is 3. The maximum absolute atomic E-state index is 5.52. The van der Waals surface area contributed by atoms with Gasteiger partial charge in [0.15, 0.2) is 0 Å². The number of ether oxygens (including phenoxy) is 1. The van der Waals surface area contributed by atoms with E-state index in [1.807, 2.05) is 12.1 Å². The van der Waals surface area contributed by atoms with Crippen molar-refractivity contribution in [3.05, 3.63) is 35.7 Å². The molecule has 0 saturated heterocycles. The van der Waals surface area contributed by atoms with Gasteiger partial charge in [0, 0.05) is 17.9 Å². The Hall–Kier alpha value is -2.63. The van der Waals surface area contributed by atoms with Gasteiger partial charge in [-0.05, 0) is 36.6 Å². The summed E-state index contributed by atoms with van der Waals surface area (Å²) < 4.78 is 16.0. The van der Waals surface area contributed by atoms with Crippen LogP contribution in [0.2, 0.25) is 0 Å². The van der Waals surface area contributed by atoms with Gasteiger partial charge in [-0.25, -0.2) is 0 Å². The quantitative estimate of drug-likeness (QED) is 0.738. The maximum Gasteiger partial charge on any atom is 0.263 e. The average Bonchev–Trinajstić information content (AvgIpc) is 3.00. The zero-order valence-corrected chi connectivity index (χ0v) is 11.8. The molecule has 5 rings (SSSR count). The summed E-state index contributed by atoms with van der Waals surface area (Å²) >= 11 is 0. The lowest BCUT2D eigenvalue weighted by atomic mass is 10.1. The Labute approximate surface area is 126 Å². The Kier molecular flexibility index (Phi) is 2.41. The summed E-state index contributed by atoms with van der Waals surface area (Å²) in [6, 6.07) is 5.98. The molecule has 3 aromatic rings. The molecule has 0 N–H and O–H groups in total. The van der Waals surface area contributed by atoms with Crippen LogP contribution in [0.1, 0.15) is 30.0 Å². The van der Waals surface area contributed by atoms with Crippen LogP contribution in [0.4, 0.5) is 0 Å². The van der Waals surface area contributed by atoms with Crippen molar-refractivity contribution in [2.45, 2.75) is 25.2 Å². The van der Waals surface area contributed by atoms with Gasteiger partial charge in [0.05, 0.1) is 12.3 Å². The van der Waals surface area contributed by atoms with Gasteiger partial charge >= 0.3 is 0 Å². The number of hydrogen-bond acceptors (Lipinski definition) is 6. The van der Waals surface area contributed by atoms with E-state index in [2.05, 4.69) is 21.4 Å². The van der Waals surface area contributed by atoms with Gasteiger partial charge in [-0.2, -0.15) is 4.98 Å². The first-order chi connectivity index (χ1) is 10.9. The van der Waals surface area contributed by atoms with Gasteiger partial charge in [0.2, 0.25) is 5.82 Å². The predicted molar refractivity (Wildman–Crippen MR) is 76.4 cm³/mol. The molecule has 0 radical (unpaired) electrons. The SMILES string of the molecule is c1cc2c(cc1-c1noc(-c3conc3C3CC3)n1)CCO2. The summed E-state index contributed by atoms with van der Waals surface area (Å²) in [5, 5.41) is 8.16. The zero-order valence-electron chi connectivity index (χ0n) is 11.8. The molecule has 6 heteroatoms. The van der Waals surface area contributed by atoms with Gasteiger partial charge in [0.1, 0.15) is 17.6 Å². The van der Waals surface area contributed by atoms with E-state index in [1.165, 1.54) is 5.56 Å². The van der Waals surface area contributed by atoms with Crippen LogP contribution in [0.25, 0.3) is 22.8 Å². The van der Waals surface area contributed by atoms with Crippen molar-refractivity contribution >= 4 is 0 Å². The van der Waals surface area contributed by atoms with Crippen LogP contribution >= 0.6 is 0 Å². The second-order valence-electron chi connectivity index (χ2n) is 5.73. The number of fused-ring (bicyclic) bond motifs is 1. The van der Waals surface area contributed by atoms with Crippen molar-refractivity contribution in [2.75, 3.05) is 6.61 Å². The second-order valence-corrected chi connectivity index (χ2v) is 5.73. The molecule has 1 fully saturated rings. The number of hydrogen-bond donors (Lipinski definition) is 0. The average molecular weight is 295 g/mol. The highest BCUT2D eigenvalue weighted by molar-refractivity contribution is 5.63. The molecule has 1 aliphatic carbocycles. The van der Waals surface area contributed by atoms with E-state index in [9.17, 15) is 0 Å². The predicted octanol–water partition coefficient (Wildman–Crippen LogP) is 3.20. The first kappa shape index (κ1) is 12.0. The van der Waals surface area contributed by atoms with Crippen molar-refractivity contribution in [2.24, 2.45) is 0 Å². The molecule has 2 aliphatic rings. The van der Waals surface area contributed by atoms with E-state index >= 15 is 0 Å². The van der Waals surface area contributed by atoms with Crippen LogP contribution in [0.3, 0.4) is 0 Å². The normalized spacial score (nSPS) is 16.5. The third kappa shape index (κ3) is 1.83. The van der Waals surface area contributed by atoms with Gasteiger partial charge < -0.3 is 13.8 Å². The minimum Gasteiger partial charge on any atom is -0.493 e. The van der Waals surface area contributed by atoms with Crippen molar-refractivity contribution < 1.29 is 13.8 Å². The van der Waals surface area contributed by atoms with Gasteiger partial charge in [-0.15, -0.1) is 0 Å². The van der Waals surface area contributed by atoms with Crippen LogP contribution in [0.15, 0.2) is 33.5 Å². The molecule has 1 aliphatic heterocycles. The standard InChI is InChI=1S/C16H13N3O3/c1-2-9(1)14-12(8-21-18-14)16-17-15(19-22-16)11-3-4-13-10(7-11)5-6-20-13/h3-4,7-9H,1-2,5-6H2. The van der Waals surface area contributed by atoms with Gasteiger partial charge in [-0.1, -0.05) is 10.3 Å². The Balaban J connectivity index is 1.52. The van der Waals surface area contributed by atoms with Crippen LogP contribution in [-0.2, 0) is 6.42 Å². The molecule has 6 nitrogen and oxygen atoms in total. The summed E-state index contributed by atoms with van der Waals surface area (Å²) in [5.74, 6) is 2.46. The van der Waals surface area contributed by atoms with E-state index in [4.69, 9.17) is 13.8 Å². The smallest absolute Gasteiger partial charge is 0.263 e. The fourth-order valence-electron chi connectivity index (χ4n) is 2.83. The fraction of sp³-hybridized carbons (Fsp3) is 0.312. The summed E-state index contributed by atoms with van der Waals surface area (Å²) in [4.78, 5) is 4.50. The first-order valence-corrected chi connectivity index (χ1v) is 7.43. The molecule has 0 spiro atoms. The van der Waals surface area contributed by atoms with Gasteiger partial charge in [-0.3, -0.25) is 0 Å². The van der Waals surface area contributed by atoms with E-state index in [0.29, 0.717) is 17.6 Å². The van der Waals surface area contributed by atoms with Crippen LogP contribution in [-0.4, -0.2) is 21.9 Å². The molecule has 0 unspecified atom stereocenters. The molecular formula is C16H13N3O3.